The van der Waals surface area contributed by atoms with Gasteiger partial charge in [-0.05, 0) is 31.0 Å². The average molecular weight is 404 g/mol. The van der Waals surface area contributed by atoms with Crippen molar-refractivity contribution in [1.29, 1.82) is 5.26 Å². The second kappa shape index (κ2) is 9.22. The van der Waals surface area contributed by atoms with Crippen LogP contribution in [0.15, 0.2) is 64.5 Å². The molecule has 1 aromatic heterocycles. The quantitative estimate of drug-likeness (QED) is 0.478. The molecule has 0 aliphatic carbocycles. The smallest absolute Gasteiger partial charge is 0.270 e. The number of benzene rings is 2. The molecular weight excluding hydrogens is 384 g/mol. The van der Waals surface area contributed by atoms with Gasteiger partial charge in [-0.15, -0.1) is 0 Å². The zero-order valence-corrected chi connectivity index (χ0v) is 16.9. The molecule has 0 saturated carbocycles. The van der Waals surface area contributed by atoms with Gasteiger partial charge in [-0.3, -0.25) is 9.59 Å². The number of H-pyrrole nitrogens is 1. The summed E-state index contributed by atoms with van der Waals surface area (Å²) in [6, 6.07) is 18.6. The lowest BCUT2D eigenvalue weighted by Crippen LogP contribution is -2.23. The lowest BCUT2D eigenvalue weighted by molar-refractivity contribution is -0.115. The number of aromatic nitrogens is 2. The average Bonchev–Trinajstić information content (AvgIpc) is 2.74. The lowest BCUT2D eigenvalue weighted by Gasteiger charge is -2.13. The highest BCUT2D eigenvalue weighted by Crippen LogP contribution is 2.25. The van der Waals surface area contributed by atoms with Crippen molar-refractivity contribution in [2.45, 2.75) is 30.7 Å². The Bertz CT molecular complexity index is 1100. The summed E-state index contributed by atoms with van der Waals surface area (Å²) >= 11 is 1.13. The van der Waals surface area contributed by atoms with Gasteiger partial charge in [0, 0.05) is 11.3 Å². The van der Waals surface area contributed by atoms with Crippen molar-refractivity contribution >= 4 is 23.4 Å². The topological polar surface area (TPSA) is 98.6 Å². The van der Waals surface area contributed by atoms with E-state index in [9.17, 15) is 14.9 Å². The number of rotatable bonds is 6. The molecule has 2 N–H and O–H groups in total. The number of nitrogens with one attached hydrogen (secondary N) is 2. The molecule has 0 saturated heterocycles. The van der Waals surface area contributed by atoms with Crippen molar-refractivity contribution < 1.29 is 4.79 Å². The number of aromatic amines is 1. The minimum absolute atomic E-state index is 0.0475. The number of carbonyl (C=O) groups excluding carboxylic acids is 1. The minimum atomic E-state index is -0.522. The van der Waals surface area contributed by atoms with Crippen LogP contribution in [-0.2, 0) is 11.2 Å². The SMILES string of the molecule is CCc1ccc(NC(=O)C(C)Sc2nc(-c3ccccc3)c(C#N)c(=O)[nH]2)cc1. The number of hydrogen-bond donors (Lipinski definition) is 2. The van der Waals surface area contributed by atoms with E-state index in [1.54, 1.807) is 19.1 Å². The summed E-state index contributed by atoms with van der Waals surface area (Å²) in [6.45, 7) is 3.81. The Morgan fingerprint density at radius 3 is 2.52 bits per heavy atom. The predicted molar refractivity (Wildman–Crippen MR) is 115 cm³/mol. The molecule has 146 valence electrons. The van der Waals surface area contributed by atoms with E-state index in [-0.39, 0.29) is 16.6 Å². The number of hydrogen-bond acceptors (Lipinski definition) is 5. The monoisotopic (exact) mass is 404 g/mol. The fourth-order valence-corrected chi connectivity index (χ4v) is 3.50. The van der Waals surface area contributed by atoms with Crippen molar-refractivity contribution in [2.75, 3.05) is 5.32 Å². The van der Waals surface area contributed by atoms with Gasteiger partial charge in [0.2, 0.25) is 5.91 Å². The Balaban J connectivity index is 1.80. The van der Waals surface area contributed by atoms with Crippen LogP contribution in [0.25, 0.3) is 11.3 Å². The molecule has 0 spiro atoms. The van der Waals surface area contributed by atoms with Crippen LogP contribution in [0, 0.1) is 11.3 Å². The maximum Gasteiger partial charge on any atom is 0.270 e. The highest BCUT2D eigenvalue weighted by atomic mass is 32.2. The number of thioether (sulfide) groups is 1. The first kappa shape index (κ1) is 20.4. The summed E-state index contributed by atoms with van der Waals surface area (Å²) in [7, 11) is 0. The molecule has 1 atom stereocenters. The Morgan fingerprint density at radius 1 is 1.21 bits per heavy atom. The highest BCUT2D eigenvalue weighted by molar-refractivity contribution is 8.00. The first-order chi connectivity index (χ1) is 14.0. The maximum absolute atomic E-state index is 12.5. The van der Waals surface area contributed by atoms with E-state index in [0.717, 1.165) is 18.2 Å². The van der Waals surface area contributed by atoms with Crippen molar-refractivity contribution in [3.63, 3.8) is 0 Å². The van der Waals surface area contributed by atoms with E-state index in [1.165, 1.54) is 5.56 Å². The van der Waals surface area contributed by atoms with E-state index >= 15 is 0 Å². The summed E-state index contributed by atoms with van der Waals surface area (Å²) in [5.74, 6) is -0.201. The van der Waals surface area contributed by atoms with Crippen molar-refractivity contribution in [3.8, 4) is 17.3 Å². The molecular formula is C22H20N4O2S. The van der Waals surface area contributed by atoms with Gasteiger partial charge in [-0.2, -0.15) is 5.26 Å². The normalized spacial score (nSPS) is 11.5. The summed E-state index contributed by atoms with van der Waals surface area (Å²) in [5, 5.41) is 12.0. The molecule has 6 nitrogen and oxygen atoms in total. The molecule has 29 heavy (non-hydrogen) atoms. The van der Waals surface area contributed by atoms with Crippen LogP contribution in [-0.4, -0.2) is 21.1 Å². The third-order valence-electron chi connectivity index (χ3n) is 4.34. The number of nitrogens with zero attached hydrogens (tertiary/aromatic N) is 2. The molecule has 7 heteroatoms. The Morgan fingerprint density at radius 2 is 1.90 bits per heavy atom. The number of anilines is 1. The van der Waals surface area contributed by atoms with Gasteiger partial charge in [0.05, 0.1) is 10.9 Å². The molecule has 3 rings (SSSR count). The Hall–Kier alpha value is -3.37. The molecule has 0 bridgehead atoms. The third kappa shape index (κ3) is 4.92. The fraction of sp³-hybridized carbons (Fsp3) is 0.182. The van der Waals surface area contributed by atoms with Gasteiger partial charge in [-0.1, -0.05) is 61.2 Å². The van der Waals surface area contributed by atoms with Crippen LogP contribution in [0.5, 0.6) is 0 Å². The van der Waals surface area contributed by atoms with Crippen LogP contribution in [0.2, 0.25) is 0 Å². The maximum atomic E-state index is 12.5. The van der Waals surface area contributed by atoms with E-state index in [0.29, 0.717) is 16.9 Å². The molecule has 1 amide bonds. The van der Waals surface area contributed by atoms with E-state index in [4.69, 9.17) is 0 Å². The molecule has 0 radical (unpaired) electrons. The molecule has 0 aliphatic rings. The number of nitriles is 1. The zero-order valence-electron chi connectivity index (χ0n) is 16.1. The second-order valence-electron chi connectivity index (χ2n) is 6.37. The first-order valence-electron chi connectivity index (χ1n) is 9.18. The van der Waals surface area contributed by atoms with Crippen molar-refractivity contribution in [3.05, 3.63) is 76.1 Å². The lowest BCUT2D eigenvalue weighted by atomic mass is 10.1. The van der Waals surface area contributed by atoms with Crippen molar-refractivity contribution in [1.82, 2.24) is 9.97 Å². The van der Waals surface area contributed by atoms with Gasteiger partial charge in [0.1, 0.15) is 11.6 Å². The van der Waals surface area contributed by atoms with E-state index in [1.807, 2.05) is 48.5 Å². The summed E-state index contributed by atoms with van der Waals surface area (Å²) in [4.78, 5) is 31.9. The van der Waals surface area contributed by atoms with E-state index in [2.05, 4.69) is 22.2 Å². The Labute approximate surface area is 173 Å². The predicted octanol–water partition coefficient (Wildman–Crippen LogP) is 3.99. The zero-order chi connectivity index (χ0) is 20.8. The third-order valence-corrected chi connectivity index (χ3v) is 5.33. The van der Waals surface area contributed by atoms with Gasteiger partial charge < -0.3 is 10.3 Å². The first-order valence-corrected chi connectivity index (χ1v) is 10.1. The molecule has 3 aromatic rings. The van der Waals surface area contributed by atoms with Crippen LogP contribution in [0.1, 0.15) is 25.0 Å². The molecule has 2 aromatic carbocycles. The standard InChI is InChI=1S/C22H20N4O2S/c1-3-15-9-11-17(12-10-15)24-20(27)14(2)29-22-25-19(16-7-5-4-6-8-16)18(13-23)21(28)26-22/h4-12,14H,3H2,1-2H3,(H,24,27)(H,25,26,28). The molecule has 1 heterocycles. The van der Waals surface area contributed by atoms with Crippen LogP contribution >= 0.6 is 11.8 Å². The largest absolute Gasteiger partial charge is 0.325 e. The molecule has 0 fully saturated rings. The number of aryl methyl sites for hydroxylation is 1. The minimum Gasteiger partial charge on any atom is -0.325 e. The Kier molecular flexibility index (Phi) is 6.47. The summed E-state index contributed by atoms with van der Waals surface area (Å²) in [5.41, 5.74) is 2.32. The molecule has 1 unspecified atom stereocenters. The van der Waals surface area contributed by atoms with Crippen LogP contribution in [0.4, 0.5) is 5.69 Å². The molecule has 0 aliphatic heterocycles. The summed E-state index contributed by atoms with van der Waals surface area (Å²) < 4.78 is 0. The second-order valence-corrected chi connectivity index (χ2v) is 7.70. The number of amides is 1. The summed E-state index contributed by atoms with van der Waals surface area (Å²) in [6.07, 6.45) is 0.932. The highest BCUT2D eigenvalue weighted by Gasteiger charge is 2.19. The van der Waals surface area contributed by atoms with E-state index < -0.39 is 10.8 Å². The van der Waals surface area contributed by atoms with Gasteiger partial charge in [-0.25, -0.2) is 4.98 Å². The van der Waals surface area contributed by atoms with Crippen molar-refractivity contribution in [2.24, 2.45) is 0 Å². The number of carbonyl (C=O) groups is 1. The fourth-order valence-electron chi connectivity index (χ4n) is 2.71. The van der Waals surface area contributed by atoms with Gasteiger partial charge >= 0.3 is 0 Å². The van der Waals surface area contributed by atoms with Gasteiger partial charge in [0.25, 0.3) is 5.56 Å². The van der Waals surface area contributed by atoms with Crippen LogP contribution < -0.4 is 10.9 Å². The van der Waals surface area contributed by atoms with Crippen LogP contribution in [0.3, 0.4) is 0 Å². The van der Waals surface area contributed by atoms with Gasteiger partial charge in [0.15, 0.2) is 5.16 Å².